The van der Waals surface area contributed by atoms with E-state index in [1.54, 1.807) is 6.07 Å². The molecule has 0 atom stereocenters. The zero-order valence-corrected chi connectivity index (χ0v) is 13.9. The first-order chi connectivity index (χ1) is 11.7. The fourth-order valence-corrected chi connectivity index (χ4v) is 1.56. The molecule has 0 aliphatic carbocycles. The first-order valence-electron chi connectivity index (χ1n) is 7.81. The summed E-state index contributed by atoms with van der Waals surface area (Å²) in [5, 5.41) is 34.7. The fraction of sp³-hybridized carbons (Fsp3) is 0.625. The van der Waals surface area contributed by atoms with E-state index >= 15 is 0 Å². The van der Waals surface area contributed by atoms with Crippen LogP contribution in [0.2, 0.25) is 0 Å². The number of benzene rings is 1. The number of phenolic OH excluding ortho intramolecular Hbond substituents is 2. The van der Waals surface area contributed by atoms with Crippen molar-refractivity contribution in [3.63, 3.8) is 0 Å². The minimum Gasteiger partial charge on any atom is -0.504 e. The topological polar surface area (TPSA) is 135 Å². The van der Waals surface area contributed by atoms with E-state index in [1.165, 1.54) is 12.1 Å². The molecule has 8 heteroatoms. The molecule has 0 amide bonds. The van der Waals surface area contributed by atoms with Gasteiger partial charge in [0.1, 0.15) is 0 Å². The molecule has 1 rings (SSSR count). The van der Waals surface area contributed by atoms with E-state index < -0.39 is 0 Å². The summed E-state index contributed by atoms with van der Waals surface area (Å²) in [6.45, 7) is 3.31. The minimum atomic E-state index is -0.0919. The number of hydrogen-bond acceptors (Lipinski definition) is 8. The van der Waals surface area contributed by atoms with Gasteiger partial charge in [0.2, 0.25) is 0 Å². The van der Waals surface area contributed by atoms with Crippen molar-refractivity contribution in [2.45, 2.75) is 6.42 Å². The lowest BCUT2D eigenvalue weighted by atomic mass is 10.1. The average Bonchev–Trinajstić information content (AvgIpc) is 2.58. The van der Waals surface area contributed by atoms with Crippen LogP contribution < -0.4 is 5.73 Å². The van der Waals surface area contributed by atoms with E-state index in [9.17, 15) is 0 Å². The molecule has 1 aromatic carbocycles. The Balaban J connectivity index is 0.000000446. The van der Waals surface area contributed by atoms with Gasteiger partial charge in [0.25, 0.3) is 0 Å². The summed E-state index contributed by atoms with van der Waals surface area (Å²) in [6.07, 6.45) is 0.716. The van der Waals surface area contributed by atoms with Gasteiger partial charge >= 0.3 is 0 Å². The quantitative estimate of drug-likeness (QED) is 0.255. The standard InChI is InChI=1S/C8H11NO2.C8H18O5/c9-4-3-6-1-2-7(10)8(11)5-6;9-1-3-11-5-7-13-8-6-12-4-2-10/h1-2,5,10-11H,3-4,9H2;9-10H,1-8H2. The van der Waals surface area contributed by atoms with Crippen molar-refractivity contribution in [2.75, 3.05) is 59.4 Å². The van der Waals surface area contributed by atoms with Crippen LogP contribution in [-0.4, -0.2) is 79.8 Å². The molecule has 0 heterocycles. The lowest BCUT2D eigenvalue weighted by Gasteiger charge is -2.04. The summed E-state index contributed by atoms with van der Waals surface area (Å²) < 4.78 is 15.0. The second-order valence-electron chi connectivity index (χ2n) is 4.65. The molecule has 0 spiro atoms. The Morgan fingerprint density at radius 2 is 1.25 bits per heavy atom. The van der Waals surface area contributed by atoms with E-state index in [4.69, 9.17) is 40.4 Å². The minimum absolute atomic E-state index is 0.0413. The number of rotatable bonds is 12. The lowest BCUT2D eigenvalue weighted by molar-refractivity contribution is 0.00230. The predicted octanol–water partition coefficient (Wildman–Crippen LogP) is -0.380. The zero-order chi connectivity index (χ0) is 18.0. The Hall–Kier alpha value is -1.42. The van der Waals surface area contributed by atoms with Gasteiger partial charge in [0, 0.05) is 0 Å². The third-order valence-electron chi connectivity index (χ3n) is 2.69. The fourth-order valence-electron chi connectivity index (χ4n) is 1.56. The smallest absolute Gasteiger partial charge is 0.157 e. The molecule has 24 heavy (non-hydrogen) atoms. The van der Waals surface area contributed by atoms with Crippen LogP contribution in [0.3, 0.4) is 0 Å². The van der Waals surface area contributed by atoms with E-state index in [0.717, 1.165) is 5.56 Å². The second-order valence-corrected chi connectivity index (χ2v) is 4.65. The zero-order valence-electron chi connectivity index (χ0n) is 13.9. The Morgan fingerprint density at radius 1 is 0.750 bits per heavy atom. The third-order valence-corrected chi connectivity index (χ3v) is 2.69. The number of ether oxygens (including phenoxy) is 3. The predicted molar refractivity (Wildman–Crippen MR) is 89.2 cm³/mol. The largest absolute Gasteiger partial charge is 0.504 e. The molecule has 0 bridgehead atoms. The Morgan fingerprint density at radius 3 is 1.67 bits per heavy atom. The highest BCUT2D eigenvalue weighted by atomic mass is 16.5. The maximum atomic E-state index is 9.04. The Bertz CT molecular complexity index is 394. The van der Waals surface area contributed by atoms with Crippen LogP contribution in [0, 0.1) is 0 Å². The Labute approximate surface area is 142 Å². The second kappa shape index (κ2) is 16.4. The molecular formula is C16H29NO7. The third kappa shape index (κ3) is 13.1. The average molecular weight is 347 g/mol. The molecule has 140 valence electrons. The van der Waals surface area contributed by atoms with Gasteiger partial charge in [0.05, 0.1) is 52.9 Å². The first kappa shape index (κ1) is 22.6. The molecule has 0 fully saturated rings. The van der Waals surface area contributed by atoms with Gasteiger partial charge in [-0.3, -0.25) is 0 Å². The summed E-state index contributed by atoms with van der Waals surface area (Å²) in [4.78, 5) is 0. The molecule has 0 aliphatic rings. The summed E-state index contributed by atoms with van der Waals surface area (Å²) >= 11 is 0. The maximum Gasteiger partial charge on any atom is 0.157 e. The van der Waals surface area contributed by atoms with Gasteiger partial charge in [-0.05, 0) is 30.7 Å². The van der Waals surface area contributed by atoms with E-state index in [-0.39, 0.29) is 24.7 Å². The molecular weight excluding hydrogens is 318 g/mol. The number of aliphatic hydroxyl groups excluding tert-OH is 2. The highest BCUT2D eigenvalue weighted by Crippen LogP contribution is 2.24. The van der Waals surface area contributed by atoms with Crippen molar-refractivity contribution in [3.8, 4) is 11.5 Å². The maximum absolute atomic E-state index is 9.04. The molecule has 0 radical (unpaired) electrons. The molecule has 0 unspecified atom stereocenters. The monoisotopic (exact) mass is 347 g/mol. The number of phenols is 2. The van der Waals surface area contributed by atoms with Crippen LogP contribution in [0.1, 0.15) is 5.56 Å². The van der Waals surface area contributed by atoms with Crippen LogP contribution in [-0.2, 0) is 20.6 Å². The van der Waals surface area contributed by atoms with Crippen LogP contribution in [0.5, 0.6) is 11.5 Å². The van der Waals surface area contributed by atoms with Gasteiger partial charge < -0.3 is 40.4 Å². The van der Waals surface area contributed by atoms with Crippen molar-refractivity contribution in [2.24, 2.45) is 5.73 Å². The Kier molecular flexibility index (Phi) is 15.5. The number of hydrogen-bond donors (Lipinski definition) is 5. The molecule has 6 N–H and O–H groups in total. The summed E-state index contributed by atoms with van der Waals surface area (Å²) in [5.41, 5.74) is 6.24. The molecule has 0 aromatic heterocycles. The van der Waals surface area contributed by atoms with Crippen LogP contribution in [0.15, 0.2) is 18.2 Å². The lowest BCUT2D eigenvalue weighted by Crippen LogP contribution is -2.11. The molecule has 1 aromatic rings. The van der Waals surface area contributed by atoms with E-state index in [2.05, 4.69) is 0 Å². The van der Waals surface area contributed by atoms with Gasteiger partial charge in [-0.2, -0.15) is 0 Å². The number of aromatic hydroxyl groups is 2. The van der Waals surface area contributed by atoms with Crippen LogP contribution >= 0.6 is 0 Å². The summed E-state index contributed by atoms with van der Waals surface area (Å²) in [7, 11) is 0. The van der Waals surface area contributed by atoms with E-state index in [0.29, 0.717) is 52.6 Å². The van der Waals surface area contributed by atoms with E-state index in [1.807, 2.05) is 0 Å². The first-order valence-corrected chi connectivity index (χ1v) is 7.81. The van der Waals surface area contributed by atoms with Gasteiger partial charge in [-0.25, -0.2) is 0 Å². The highest BCUT2D eigenvalue weighted by molar-refractivity contribution is 5.40. The number of nitrogens with two attached hydrogens (primary N) is 1. The van der Waals surface area contributed by atoms with Gasteiger partial charge in [-0.15, -0.1) is 0 Å². The summed E-state index contributed by atoms with van der Waals surface area (Å²) in [6, 6.07) is 4.71. The normalized spacial score (nSPS) is 10.3. The van der Waals surface area contributed by atoms with Crippen molar-refractivity contribution in [1.82, 2.24) is 0 Å². The van der Waals surface area contributed by atoms with Crippen molar-refractivity contribution in [1.29, 1.82) is 0 Å². The summed E-state index contributed by atoms with van der Waals surface area (Å²) in [5.74, 6) is -0.179. The van der Waals surface area contributed by atoms with Gasteiger partial charge in [-0.1, -0.05) is 6.07 Å². The van der Waals surface area contributed by atoms with Gasteiger partial charge in [0.15, 0.2) is 11.5 Å². The van der Waals surface area contributed by atoms with Crippen molar-refractivity contribution >= 4 is 0 Å². The van der Waals surface area contributed by atoms with Crippen LogP contribution in [0.25, 0.3) is 0 Å². The number of aliphatic hydroxyl groups is 2. The van der Waals surface area contributed by atoms with Crippen molar-refractivity contribution in [3.05, 3.63) is 23.8 Å². The SMILES string of the molecule is NCCc1ccc(O)c(O)c1.OCCOCCOCCOCCO. The molecule has 0 saturated carbocycles. The molecule has 8 nitrogen and oxygen atoms in total. The molecule has 0 saturated heterocycles. The highest BCUT2D eigenvalue weighted by Gasteiger charge is 1.98. The van der Waals surface area contributed by atoms with Crippen molar-refractivity contribution < 1.29 is 34.6 Å². The van der Waals surface area contributed by atoms with Crippen LogP contribution in [0.4, 0.5) is 0 Å². The molecule has 0 aliphatic heterocycles.